The standard InChI is InChI=1S/C15H13NO4S/c1-20-13-5-7-14(8-6-13)21-10-15(17)11-3-2-4-12(9-11)16(18)19/h2-9H,10H2,1H3. The summed E-state index contributed by atoms with van der Waals surface area (Å²) in [4.78, 5) is 23.2. The molecule has 0 N–H and O–H groups in total. The van der Waals surface area contributed by atoms with Crippen LogP contribution >= 0.6 is 11.8 Å². The third-order valence-electron chi connectivity index (χ3n) is 2.81. The van der Waals surface area contributed by atoms with E-state index in [1.54, 1.807) is 13.2 Å². The van der Waals surface area contributed by atoms with Crippen molar-refractivity contribution in [1.82, 2.24) is 0 Å². The monoisotopic (exact) mass is 303 g/mol. The first-order chi connectivity index (χ1) is 10.1. The third kappa shape index (κ3) is 4.06. The van der Waals surface area contributed by atoms with Crippen LogP contribution in [0.15, 0.2) is 53.4 Å². The van der Waals surface area contributed by atoms with Crippen molar-refractivity contribution in [3.8, 4) is 5.75 Å². The van der Waals surface area contributed by atoms with Crippen LogP contribution in [0.3, 0.4) is 0 Å². The minimum atomic E-state index is -0.507. The summed E-state index contributed by atoms with van der Waals surface area (Å²) in [6.45, 7) is 0. The van der Waals surface area contributed by atoms with Crippen molar-refractivity contribution in [3.05, 3.63) is 64.2 Å². The van der Waals surface area contributed by atoms with Gasteiger partial charge in [0.05, 0.1) is 17.8 Å². The number of nitrogens with zero attached hydrogens (tertiary/aromatic N) is 1. The molecule has 2 aromatic rings. The summed E-state index contributed by atoms with van der Waals surface area (Å²) in [7, 11) is 1.59. The Morgan fingerprint density at radius 1 is 1.24 bits per heavy atom. The number of nitro groups is 1. The van der Waals surface area contributed by atoms with E-state index in [4.69, 9.17) is 4.74 Å². The van der Waals surface area contributed by atoms with Crippen molar-refractivity contribution in [3.63, 3.8) is 0 Å². The lowest BCUT2D eigenvalue weighted by atomic mass is 10.1. The molecule has 21 heavy (non-hydrogen) atoms. The fourth-order valence-corrected chi connectivity index (χ4v) is 2.49. The molecule has 0 saturated carbocycles. The molecular formula is C15H13NO4S. The van der Waals surface area contributed by atoms with E-state index in [0.29, 0.717) is 5.56 Å². The van der Waals surface area contributed by atoms with Gasteiger partial charge < -0.3 is 4.74 Å². The van der Waals surface area contributed by atoms with Gasteiger partial charge in [-0.2, -0.15) is 0 Å². The highest BCUT2D eigenvalue weighted by molar-refractivity contribution is 8.00. The average molecular weight is 303 g/mol. The van der Waals surface area contributed by atoms with Gasteiger partial charge in [-0.05, 0) is 24.3 Å². The van der Waals surface area contributed by atoms with E-state index in [0.717, 1.165) is 10.6 Å². The number of non-ortho nitro benzene ring substituents is 1. The molecule has 2 aromatic carbocycles. The highest BCUT2D eigenvalue weighted by Gasteiger charge is 2.11. The quantitative estimate of drug-likeness (QED) is 0.353. The number of hydrogen-bond donors (Lipinski definition) is 0. The molecule has 0 amide bonds. The van der Waals surface area contributed by atoms with Crippen molar-refractivity contribution in [2.45, 2.75) is 4.90 Å². The Bertz CT molecular complexity index is 655. The second kappa shape index (κ2) is 6.90. The van der Waals surface area contributed by atoms with E-state index in [1.807, 2.05) is 24.3 Å². The number of nitro benzene ring substituents is 1. The summed E-state index contributed by atoms with van der Waals surface area (Å²) in [5.41, 5.74) is 0.278. The van der Waals surface area contributed by atoms with Crippen LogP contribution < -0.4 is 4.74 Å². The molecule has 0 aliphatic carbocycles. The zero-order chi connectivity index (χ0) is 15.2. The van der Waals surface area contributed by atoms with E-state index in [1.165, 1.54) is 30.0 Å². The molecule has 0 unspecified atom stereocenters. The Labute approximate surface area is 126 Å². The Kier molecular flexibility index (Phi) is 4.94. The zero-order valence-corrected chi connectivity index (χ0v) is 12.1. The van der Waals surface area contributed by atoms with Gasteiger partial charge in [-0.25, -0.2) is 0 Å². The predicted octanol–water partition coefficient (Wildman–Crippen LogP) is 3.58. The van der Waals surface area contributed by atoms with Crippen LogP contribution in [0, 0.1) is 10.1 Å². The Hall–Kier alpha value is -2.34. The fraction of sp³-hybridized carbons (Fsp3) is 0.133. The van der Waals surface area contributed by atoms with Gasteiger partial charge in [0.1, 0.15) is 5.75 Å². The van der Waals surface area contributed by atoms with E-state index < -0.39 is 4.92 Å². The molecule has 6 heteroatoms. The number of carbonyl (C=O) groups excluding carboxylic acids is 1. The summed E-state index contributed by atoms with van der Waals surface area (Å²) in [5.74, 6) is 0.844. The highest BCUT2D eigenvalue weighted by atomic mass is 32.2. The van der Waals surface area contributed by atoms with Gasteiger partial charge in [0.15, 0.2) is 5.78 Å². The average Bonchev–Trinajstić information content (AvgIpc) is 2.53. The normalized spacial score (nSPS) is 10.1. The maximum absolute atomic E-state index is 12.0. The number of Topliss-reactive ketones (excluding diaryl/α,β-unsaturated/α-hetero) is 1. The molecule has 0 aromatic heterocycles. The molecule has 108 valence electrons. The van der Waals surface area contributed by atoms with Gasteiger partial charge in [-0.3, -0.25) is 14.9 Å². The Balaban J connectivity index is 2.00. The molecule has 2 rings (SSSR count). The molecule has 5 nitrogen and oxygen atoms in total. The van der Waals surface area contributed by atoms with E-state index in [9.17, 15) is 14.9 Å². The topological polar surface area (TPSA) is 69.4 Å². The van der Waals surface area contributed by atoms with Gasteiger partial charge in [0.25, 0.3) is 5.69 Å². The smallest absolute Gasteiger partial charge is 0.270 e. The molecule has 0 aliphatic rings. The lowest BCUT2D eigenvalue weighted by Gasteiger charge is -2.03. The zero-order valence-electron chi connectivity index (χ0n) is 11.3. The largest absolute Gasteiger partial charge is 0.497 e. The lowest BCUT2D eigenvalue weighted by molar-refractivity contribution is -0.384. The molecule has 0 spiro atoms. The molecule has 0 radical (unpaired) electrons. The van der Waals surface area contributed by atoms with Crippen LogP contribution in [0.25, 0.3) is 0 Å². The van der Waals surface area contributed by atoms with Gasteiger partial charge in [0.2, 0.25) is 0 Å². The van der Waals surface area contributed by atoms with E-state index >= 15 is 0 Å². The summed E-state index contributed by atoms with van der Waals surface area (Å²) >= 11 is 1.38. The summed E-state index contributed by atoms with van der Waals surface area (Å²) < 4.78 is 5.06. The van der Waals surface area contributed by atoms with Crippen molar-refractivity contribution < 1.29 is 14.5 Å². The number of ketones is 1. The van der Waals surface area contributed by atoms with E-state index in [2.05, 4.69) is 0 Å². The Morgan fingerprint density at radius 3 is 2.57 bits per heavy atom. The minimum absolute atomic E-state index is 0.0738. The fourth-order valence-electron chi connectivity index (χ4n) is 1.70. The van der Waals surface area contributed by atoms with Crippen LogP contribution in [0.4, 0.5) is 5.69 Å². The second-order valence-electron chi connectivity index (χ2n) is 4.19. The highest BCUT2D eigenvalue weighted by Crippen LogP contribution is 2.23. The number of benzene rings is 2. The van der Waals surface area contributed by atoms with Crippen molar-refractivity contribution in [1.29, 1.82) is 0 Å². The third-order valence-corrected chi connectivity index (χ3v) is 3.82. The Morgan fingerprint density at radius 2 is 1.95 bits per heavy atom. The predicted molar refractivity (Wildman–Crippen MR) is 81.1 cm³/mol. The van der Waals surface area contributed by atoms with Crippen LogP contribution in [-0.2, 0) is 0 Å². The molecule has 0 saturated heterocycles. The van der Waals surface area contributed by atoms with Gasteiger partial charge in [-0.15, -0.1) is 11.8 Å². The van der Waals surface area contributed by atoms with Gasteiger partial charge in [-0.1, -0.05) is 12.1 Å². The summed E-state index contributed by atoms with van der Waals surface area (Å²) in [6, 6.07) is 13.1. The molecule has 0 heterocycles. The number of carbonyl (C=O) groups is 1. The van der Waals surface area contributed by atoms with Crippen molar-refractivity contribution >= 4 is 23.2 Å². The minimum Gasteiger partial charge on any atom is -0.497 e. The summed E-state index contributed by atoms with van der Waals surface area (Å²) in [6.07, 6.45) is 0. The van der Waals surface area contributed by atoms with Gasteiger partial charge >= 0.3 is 0 Å². The number of rotatable bonds is 6. The van der Waals surface area contributed by atoms with Crippen LogP contribution in [-0.4, -0.2) is 23.6 Å². The number of hydrogen-bond acceptors (Lipinski definition) is 5. The molecular weight excluding hydrogens is 290 g/mol. The van der Waals surface area contributed by atoms with Crippen LogP contribution in [0.5, 0.6) is 5.75 Å². The molecule has 0 fully saturated rings. The van der Waals surface area contributed by atoms with Gasteiger partial charge in [0, 0.05) is 22.6 Å². The first kappa shape index (κ1) is 15.1. The summed E-state index contributed by atoms with van der Waals surface area (Å²) in [5, 5.41) is 10.7. The number of ether oxygens (including phenoxy) is 1. The first-order valence-corrected chi connectivity index (χ1v) is 7.13. The number of methoxy groups -OCH3 is 1. The van der Waals surface area contributed by atoms with Crippen molar-refractivity contribution in [2.75, 3.05) is 12.9 Å². The van der Waals surface area contributed by atoms with Crippen LogP contribution in [0.2, 0.25) is 0 Å². The van der Waals surface area contributed by atoms with Crippen LogP contribution in [0.1, 0.15) is 10.4 Å². The maximum atomic E-state index is 12.0. The first-order valence-electron chi connectivity index (χ1n) is 6.14. The van der Waals surface area contributed by atoms with Crippen molar-refractivity contribution in [2.24, 2.45) is 0 Å². The maximum Gasteiger partial charge on any atom is 0.270 e. The second-order valence-corrected chi connectivity index (χ2v) is 5.24. The lowest BCUT2D eigenvalue weighted by Crippen LogP contribution is -2.03. The van der Waals surface area contributed by atoms with E-state index in [-0.39, 0.29) is 17.2 Å². The molecule has 0 atom stereocenters. The molecule has 0 bridgehead atoms. The number of thioether (sulfide) groups is 1. The SMILES string of the molecule is COc1ccc(SCC(=O)c2cccc([N+](=O)[O-])c2)cc1. The molecule has 0 aliphatic heterocycles.